The Bertz CT molecular complexity index is 1160. The summed E-state index contributed by atoms with van der Waals surface area (Å²) in [7, 11) is 2.07. The van der Waals surface area contributed by atoms with Gasteiger partial charge in [0.1, 0.15) is 11.9 Å². The Morgan fingerprint density at radius 1 is 1.29 bits per heavy atom. The van der Waals surface area contributed by atoms with E-state index >= 15 is 0 Å². The summed E-state index contributed by atoms with van der Waals surface area (Å²) in [6.07, 6.45) is 4.05. The zero-order valence-corrected chi connectivity index (χ0v) is 17.1. The van der Waals surface area contributed by atoms with Gasteiger partial charge in [0.25, 0.3) is 0 Å². The van der Waals surface area contributed by atoms with Gasteiger partial charge in [0.2, 0.25) is 0 Å². The number of nitriles is 1. The summed E-state index contributed by atoms with van der Waals surface area (Å²) in [5, 5.41) is 10.3. The van der Waals surface area contributed by atoms with Gasteiger partial charge >= 0.3 is 0 Å². The Balaban J connectivity index is 1.83. The molecular weight excluding hydrogens is 368 g/mol. The molecule has 0 saturated carbocycles. The largest absolute Gasteiger partial charge is 0.365 e. The highest BCUT2D eigenvalue weighted by Gasteiger charge is 2.29. The van der Waals surface area contributed by atoms with Crippen molar-refractivity contribution in [3.05, 3.63) is 64.4 Å². The van der Waals surface area contributed by atoms with Gasteiger partial charge in [-0.05, 0) is 62.2 Å². The molecule has 0 aliphatic carbocycles. The number of anilines is 1. The van der Waals surface area contributed by atoms with Crippen LogP contribution in [0.25, 0.3) is 28.3 Å². The molecule has 0 unspecified atom stereocenters. The molecule has 0 spiro atoms. The van der Waals surface area contributed by atoms with Gasteiger partial charge in [-0.1, -0.05) is 29.8 Å². The topological polar surface area (TPSA) is 55.7 Å². The first-order valence-corrected chi connectivity index (χ1v) is 9.52. The quantitative estimate of drug-likeness (QED) is 0.555. The van der Waals surface area contributed by atoms with E-state index in [1.807, 2.05) is 30.3 Å². The molecule has 1 N–H and O–H groups in total. The van der Waals surface area contributed by atoms with Crippen LogP contribution in [0.4, 0.5) is 5.69 Å². The van der Waals surface area contributed by atoms with Gasteiger partial charge in [-0.2, -0.15) is 5.26 Å². The number of nitrogens with zero attached hydrogens (tertiary/aromatic N) is 3. The van der Waals surface area contributed by atoms with E-state index in [1.165, 1.54) is 5.57 Å². The van der Waals surface area contributed by atoms with Crippen LogP contribution in [-0.4, -0.2) is 22.6 Å². The van der Waals surface area contributed by atoms with Crippen LogP contribution in [0.3, 0.4) is 0 Å². The number of likely N-dealkylation sites (N-methyl/N-ethyl adjacent to an activating group) is 1. The third-order valence-corrected chi connectivity index (χ3v) is 5.73. The van der Waals surface area contributed by atoms with Crippen LogP contribution >= 0.6 is 11.6 Å². The van der Waals surface area contributed by atoms with Gasteiger partial charge in [0.15, 0.2) is 0 Å². The highest BCUT2D eigenvalue weighted by atomic mass is 35.5. The summed E-state index contributed by atoms with van der Waals surface area (Å²) < 4.78 is 0. The van der Waals surface area contributed by atoms with Crippen LogP contribution in [0.15, 0.2) is 42.5 Å². The number of benzene rings is 2. The lowest BCUT2D eigenvalue weighted by molar-refractivity contribution is 0.598. The molecule has 2 heterocycles. The minimum absolute atomic E-state index is 0.0795. The minimum atomic E-state index is -0.0795. The van der Waals surface area contributed by atoms with Gasteiger partial charge in [0, 0.05) is 23.3 Å². The molecule has 0 amide bonds. The first kappa shape index (κ1) is 18.3. The van der Waals surface area contributed by atoms with Crippen LogP contribution in [0.2, 0.25) is 5.02 Å². The monoisotopic (exact) mass is 388 g/mol. The molecule has 1 aromatic heterocycles. The number of nitrogens with one attached hydrogen (secondary N) is 1. The SMILES string of the molecule is CC1=CC(C)(C)N(C)c2cc(Cl)c(/C=C(/C#N)c3nc4ccccc4[nH]3)cc21. The number of imidazole rings is 1. The summed E-state index contributed by atoms with van der Waals surface area (Å²) in [6.45, 7) is 6.46. The molecule has 0 bridgehead atoms. The summed E-state index contributed by atoms with van der Waals surface area (Å²) in [5.41, 5.74) is 6.32. The molecule has 0 radical (unpaired) electrons. The van der Waals surface area contributed by atoms with Crippen LogP contribution in [0, 0.1) is 11.3 Å². The molecule has 0 fully saturated rings. The van der Waals surface area contributed by atoms with Gasteiger partial charge in [0.05, 0.1) is 22.1 Å². The fourth-order valence-electron chi connectivity index (χ4n) is 3.69. The molecule has 2 aromatic carbocycles. The standard InChI is InChI=1S/C23H21ClN4/c1-14-12-23(2,3)28(4)21-11-18(24)15(10-17(14)21)9-16(13-25)22-26-19-7-5-6-8-20(19)27-22/h5-12H,1-4H3,(H,26,27)/b16-9-. The maximum atomic E-state index is 9.72. The van der Waals surface area contributed by atoms with E-state index < -0.39 is 0 Å². The number of allylic oxidation sites excluding steroid dienone is 2. The number of fused-ring (bicyclic) bond motifs is 2. The average Bonchev–Trinajstić information content (AvgIpc) is 3.08. The summed E-state index contributed by atoms with van der Waals surface area (Å²) in [5.74, 6) is 0.544. The predicted molar refractivity (Wildman–Crippen MR) is 117 cm³/mol. The normalized spacial score (nSPS) is 15.9. The number of H-pyrrole nitrogens is 1. The average molecular weight is 389 g/mol. The zero-order valence-electron chi connectivity index (χ0n) is 16.3. The minimum Gasteiger partial charge on any atom is -0.365 e. The molecule has 1 aliphatic rings. The molecule has 5 heteroatoms. The third-order valence-electron chi connectivity index (χ3n) is 5.40. The Morgan fingerprint density at radius 2 is 2.04 bits per heavy atom. The first-order chi connectivity index (χ1) is 13.3. The number of para-hydroxylation sites is 2. The van der Waals surface area contributed by atoms with Gasteiger partial charge in [-0.25, -0.2) is 4.98 Å². The number of aromatic nitrogens is 2. The van der Waals surface area contributed by atoms with Gasteiger partial charge in [-0.15, -0.1) is 0 Å². The summed E-state index contributed by atoms with van der Waals surface area (Å²) in [4.78, 5) is 9.97. The van der Waals surface area contributed by atoms with E-state index in [9.17, 15) is 5.26 Å². The molecule has 28 heavy (non-hydrogen) atoms. The highest BCUT2D eigenvalue weighted by Crippen LogP contribution is 2.41. The van der Waals surface area contributed by atoms with Crippen molar-refractivity contribution in [3.63, 3.8) is 0 Å². The molecule has 0 saturated heterocycles. The lowest BCUT2D eigenvalue weighted by Gasteiger charge is -2.40. The lowest BCUT2D eigenvalue weighted by atomic mass is 9.88. The van der Waals surface area contributed by atoms with Crippen LogP contribution in [-0.2, 0) is 0 Å². The first-order valence-electron chi connectivity index (χ1n) is 9.14. The van der Waals surface area contributed by atoms with Crippen molar-refractivity contribution in [1.29, 1.82) is 5.26 Å². The second-order valence-electron chi connectivity index (χ2n) is 7.70. The van der Waals surface area contributed by atoms with E-state index in [0.29, 0.717) is 16.4 Å². The second-order valence-corrected chi connectivity index (χ2v) is 8.11. The van der Waals surface area contributed by atoms with Crippen molar-refractivity contribution in [1.82, 2.24) is 9.97 Å². The molecule has 140 valence electrons. The Kier molecular flexibility index (Phi) is 4.28. The maximum absolute atomic E-state index is 9.72. The fourth-order valence-corrected chi connectivity index (χ4v) is 3.90. The predicted octanol–water partition coefficient (Wildman–Crippen LogP) is 5.91. The fraction of sp³-hybridized carbons (Fsp3) is 0.217. The number of hydrogen-bond donors (Lipinski definition) is 1. The molecular formula is C23H21ClN4. The van der Waals surface area contributed by atoms with Gasteiger partial charge < -0.3 is 9.88 Å². The van der Waals surface area contributed by atoms with Crippen molar-refractivity contribution in [2.45, 2.75) is 26.3 Å². The van der Waals surface area contributed by atoms with E-state index in [-0.39, 0.29) is 5.54 Å². The summed E-state index contributed by atoms with van der Waals surface area (Å²) >= 11 is 6.60. The van der Waals surface area contributed by atoms with E-state index in [0.717, 1.165) is 27.8 Å². The Hall–Kier alpha value is -3.03. The number of hydrogen-bond acceptors (Lipinski definition) is 3. The third kappa shape index (κ3) is 2.98. The van der Waals surface area contributed by atoms with Gasteiger partial charge in [-0.3, -0.25) is 0 Å². The van der Waals surface area contributed by atoms with Crippen LogP contribution in [0.1, 0.15) is 37.7 Å². The highest BCUT2D eigenvalue weighted by molar-refractivity contribution is 6.32. The second kappa shape index (κ2) is 6.54. The molecule has 3 aromatic rings. The van der Waals surface area contributed by atoms with Crippen LogP contribution in [0.5, 0.6) is 0 Å². The van der Waals surface area contributed by atoms with E-state index in [2.05, 4.69) is 60.9 Å². The number of rotatable bonds is 2. The maximum Gasteiger partial charge on any atom is 0.149 e. The Labute approximate surface area is 169 Å². The molecule has 4 nitrogen and oxygen atoms in total. The Morgan fingerprint density at radius 3 is 2.75 bits per heavy atom. The number of halogens is 1. The van der Waals surface area contributed by atoms with E-state index in [4.69, 9.17) is 11.6 Å². The smallest absolute Gasteiger partial charge is 0.149 e. The van der Waals surface area contributed by atoms with Crippen molar-refractivity contribution in [2.75, 3.05) is 11.9 Å². The van der Waals surface area contributed by atoms with E-state index in [1.54, 1.807) is 6.08 Å². The molecule has 4 rings (SSSR count). The van der Waals surface area contributed by atoms with Crippen molar-refractivity contribution < 1.29 is 0 Å². The van der Waals surface area contributed by atoms with Crippen molar-refractivity contribution in [3.8, 4) is 6.07 Å². The van der Waals surface area contributed by atoms with Crippen LogP contribution < -0.4 is 4.90 Å². The van der Waals surface area contributed by atoms with Crippen molar-refractivity contribution >= 4 is 45.5 Å². The number of aromatic amines is 1. The molecule has 0 atom stereocenters. The summed E-state index contributed by atoms with van der Waals surface area (Å²) in [6, 6.07) is 14.0. The molecule has 1 aliphatic heterocycles. The lowest BCUT2D eigenvalue weighted by Crippen LogP contribution is -2.42. The van der Waals surface area contributed by atoms with Crippen molar-refractivity contribution in [2.24, 2.45) is 0 Å². The zero-order chi connectivity index (χ0) is 20.1.